The molecule has 0 aliphatic carbocycles. The first-order valence-corrected chi connectivity index (χ1v) is 28.8. The molecule has 8 nitrogen and oxygen atoms in total. The van der Waals surface area contributed by atoms with Crippen molar-refractivity contribution in [2.45, 2.75) is 315 Å². The number of aliphatic hydroxyl groups is 1. The summed E-state index contributed by atoms with van der Waals surface area (Å²) in [5, 5.41) is 10.3. The number of hydrogen-bond acceptors (Lipinski definition) is 8. The van der Waals surface area contributed by atoms with E-state index in [1.165, 1.54) is 135 Å². The highest BCUT2D eigenvalue weighted by Crippen LogP contribution is 2.30. The first-order valence-electron chi connectivity index (χ1n) is 28.8. The summed E-state index contributed by atoms with van der Waals surface area (Å²) in [7, 11) is 0. The van der Waals surface area contributed by atoms with Crippen LogP contribution in [-0.4, -0.2) is 54.2 Å². The Morgan fingerprint density at radius 2 is 0.612 bits per heavy atom. The molecule has 0 aromatic rings. The second-order valence-corrected chi connectivity index (χ2v) is 19.6. The number of allylic oxidation sites excluding steroid dienone is 6. The quantitative estimate of drug-likeness (QED) is 0.0278. The molecule has 1 aliphatic rings. The van der Waals surface area contributed by atoms with Crippen molar-refractivity contribution in [1.82, 2.24) is 0 Å². The van der Waals surface area contributed by atoms with Gasteiger partial charge >= 0.3 is 17.9 Å². The van der Waals surface area contributed by atoms with Gasteiger partial charge in [0.25, 0.3) is 0 Å². The number of carbonyl (C=O) groups is 3. The van der Waals surface area contributed by atoms with Crippen LogP contribution in [0.25, 0.3) is 0 Å². The minimum atomic E-state index is -1.25. The molecular formula is C59H106O8. The number of esters is 3. The molecule has 390 valence electrons. The minimum Gasteiger partial charge on any atom is -0.455 e. The van der Waals surface area contributed by atoms with E-state index in [1.807, 2.05) is 0 Å². The van der Waals surface area contributed by atoms with Gasteiger partial charge in [-0.25, -0.2) is 0 Å². The van der Waals surface area contributed by atoms with Crippen molar-refractivity contribution < 1.29 is 38.4 Å². The van der Waals surface area contributed by atoms with E-state index in [1.54, 1.807) is 0 Å². The van der Waals surface area contributed by atoms with Crippen LogP contribution < -0.4 is 0 Å². The van der Waals surface area contributed by atoms with E-state index in [-0.39, 0.29) is 19.3 Å². The van der Waals surface area contributed by atoms with Crippen molar-refractivity contribution in [2.24, 2.45) is 0 Å². The fraction of sp³-hybridized carbons (Fsp3) is 0.847. The van der Waals surface area contributed by atoms with Crippen LogP contribution in [0.1, 0.15) is 290 Å². The van der Waals surface area contributed by atoms with Crippen LogP contribution in [0.5, 0.6) is 0 Å². The maximum Gasteiger partial charge on any atom is 0.308 e. The molecule has 0 radical (unpaired) electrons. The highest BCUT2D eigenvalue weighted by Gasteiger charge is 2.51. The van der Waals surface area contributed by atoms with Crippen molar-refractivity contribution in [2.75, 3.05) is 6.61 Å². The number of ether oxygens (including phenoxy) is 4. The third-order valence-electron chi connectivity index (χ3n) is 13.2. The van der Waals surface area contributed by atoms with Crippen molar-refractivity contribution in [1.29, 1.82) is 0 Å². The number of carbonyl (C=O) groups excluding carboxylic acids is 3. The van der Waals surface area contributed by atoms with E-state index in [0.717, 1.165) is 96.3 Å². The Bertz CT molecular complexity index is 1210. The molecule has 0 amide bonds. The Morgan fingerprint density at radius 3 is 0.910 bits per heavy atom. The second-order valence-electron chi connectivity index (χ2n) is 19.6. The Morgan fingerprint density at radius 1 is 0.358 bits per heavy atom. The minimum absolute atomic E-state index is 0.212. The summed E-state index contributed by atoms with van der Waals surface area (Å²) in [4.78, 5) is 39.4. The summed E-state index contributed by atoms with van der Waals surface area (Å²) >= 11 is 0. The molecule has 1 saturated heterocycles. The molecular weight excluding hydrogens is 837 g/mol. The zero-order valence-electron chi connectivity index (χ0n) is 44.0. The molecule has 8 heteroatoms. The van der Waals surface area contributed by atoms with Crippen LogP contribution in [0.4, 0.5) is 0 Å². The Hall–Kier alpha value is -2.45. The van der Waals surface area contributed by atoms with Gasteiger partial charge in [-0.2, -0.15) is 0 Å². The van der Waals surface area contributed by atoms with Gasteiger partial charge in [0.1, 0.15) is 6.10 Å². The largest absolute Gasteiger partial charge is 0.455 e. The Balaban J connectivity index is 2.52. The topological polar surface area (TPSA) is 108 Å². The Labute approximate surface area is 413 Å². The molecule has 0 spiro atoms. The van der Waals surface area contributed by atoms with Crippen LogP contribution in [0.2, 0.25) is 0 Å². The van der Waals surface area contributed by atoms with Gasteiger partial charge in [-0.3, -0.25) is 14.4 Å². The van der Waals surface area contributed by atoms with Crippen LogP contribution in [-0.2, 0) is 33.3 Å². The predicted octanol–water partition coefficient (Wildman–Crippen LogP) is 17.2. The first kappa shape index (κ1) is 62.6. The maximum absolute atomic E-state index is 13.2. The SMILES string of the molecule is CCCCCCCC/C=C\CCCCCCCC(=O)OC1[C@@H](CO)O[C@@H](OC(=O)CCCCCCC/C=C\CCCCCCCC)[C@H]1OC(=O)CCCCCCC/C=C\CCCCCCCC. The zero-order chi connectivity index (χ0) is 48.5. The monoisotopic (exact) mass is 943 g/mol. The molecule has 0 aromatic heterocycles. The summed E-state index contributed by atoms with van der Waals surface area (Å²) in [5.41, 5.74) is 0. The van der Waals surface area contributed by atoms with Gasteiger partial charge in [0.15, 0.2) is 6.10 Å². The van der Waals surface area contributed by atoms with Crippen LogP contribution >= 0.6 is 0 Å². The lowest BCUT2D eigenvalue weighted by Crippen LogP contribution is -2.42. The highest BCUT2D eigenvalue weighted by atomic mass is 16.7. The van der Waals surface area contributed by atoms with E-state index in [4.69, 9.17) is 18.9 Å². The van der Waals surface area contributed by atoms with Crippen LogP contribution in [0.3, 0.4) is 0 Å². The fourth-order valence-electron chi connectivity index (χ4n) is 8.83. The van der Waals surface area contributed by atoms with Crippen molar-refractivity contribution in [3.05, 3.63) is 36.5 Å². The molecule has 1 unspecified atom stereocenters. The van der Waals surface area contributed by atoms with Gasteiger partial charge in [-0.05, 0) is 96.3 Å². The average molecular weight is 943 g/mol. The fourth-order valence-corrected chi connectivity index (χ4v) is 8.83. The van der Waals surface area contributed by atoms with E-state index in [2.05, 4.69) is 57.2 Å². The summed E-state index contributed by atoms with van der Waals surface area (Å²) < 4.78 is 23.5. The average Bonchev–Trinajstić information content (AvgIpc) is 3.63. The van der Waals surface area contributed by atoms with Crippen LogP contribution in [0, 0.1) is 0 Å². The molecule has 1 rings (SSSR count). The number of hydrogen-bond donors (Lipinski definition) is 1. The van der Waals surface area contributed by atoms with Crippen LogP contribution in [0.15, 0.2) is 36.5 Å². The highest BCUT2D eigenvalue weighted by molar-refractivity contribution is 5.71. The van der Waals surface area contributed by atoms with Gasteiger partial charge in [0.05, 0.1) is 6.61 Å². The van der Waals surface area contributed by atoms with Crippen molar-refractivity contribution in [3.63, 3.8) is 0 Å². The van der Waals surface area contributed by atoms with Crippen molar-refractivity contribution in [3.8, 4) is 0 Å². The van der Waals surface area contributed by atoms with Gasteiger partial charge < -0.3 is 24.1 Å². The van der Waals surface area contributed by atoms with E-state index in [0.29, 0.717) is 19.3 Å². The van der Waals surface area contributed by atoms with Gasteiger partial charge in [-0.1, -0.05) is 211 Å². The third kappa shape index (κ3) is 39.0. The van der Waals surface area contributed by atoms with Crippen molar-refractivity contribution >= 4 is 17.9 Å². The van der Waals surface area contributed by atoms with E-state index < -0.39 is 49.1 Å². The molecule has 1 aliphatic heterocycles. The summed E-state index contributed by atoms with van der Waals surface area (Å²) in [6.07, 6.45) is 55.7. The Kier molecular flexibility index (Phi) is 45.4. The molecule has 4 atom stereocenters. The normalized spacial score (nSPS) is 17.4. The molecule has 67 heavy (non-hydrogen) atoms. The number of unbranched alkanes of at least 4 members (excludes halogenated alkanes) is 33. The standard InChI is InChI=1S/C59H106O8/c1-4-7-10-13-16-19-22-25-28-31-34-37-40-43-46-49-54(61)65-57-53(52-60)64-59(67-56(63)51-48-45-42-39-36-33-30-27-24-21-18-15-12-9-6-3)58(57)66-55(62)50-47-44-41-38-35-32-29-26-23-20-17-14-11-8-5-2/h25-30,53,57-60H,4-24,31-52H2,1-3H3/b28-25-,29-26-,30-27-/t53-,57?,58+,59+/m1/s1. The summed E-state index contributed by atoms with van der Waals surface area (Å²) in [6, 6.07) is 0. The lowest BCUT2D eigenvalue weighted by atomic mass is 10.1. The molecule has 1 fully saturated rings. The first-order chi connectivity index (χ1) is 33.0. The van der Waals surface area contributed by atoms with E-state index >= 15 is 0 Å². The molecule has 0 saturated carbocycles. The molecule has 0 aromatic carbocycles. The smallest absolute Gasteiger partial charge is 0.308 e. The van der Waals surface area contributed by atoms with Gasteiger partial charge in [-0.15, -0.1) is 0 Å². The number of aliphatic hydroxyl groups excluding tert-OH is 1. The third-order valence-corrected chi connectivity index (χ3v) is 13.2. The van der Waals surface area contributed by atoms with Gasteiger partial charge in [0, 0.05) is 19.3 Å². The molecule has 1 heterocycles. The summed E-state index contributed by atoms with van der Waals surface area (Å²) in [5.74, 6) is -1.32. The lowest BCUT2D eigenvalue weighted by Gasteiger charge is -2.24. The molecule has 0 bridgehead atoms. The van der Waals surface area contributed by atoms with E-state index in [9.17, 15) is 19.5 Å². The molecule has 1 N–H and O–H groups in total. The maximum atomic E-state index is 13.2. The van der Waals surface area contributed by atoms with Gasteiger partial charge in [0.2, 0.25) is 12.4 Å². The zero-order valence-corrected chi connectivity index (χ0v) is 44.0. The lowest BCUT2D eigenvalue weighted by molar-refractivity contribution is -0.199. The summed E-state index contributed by atoms with van der Waals surface area (Å²) in [6.45, 7) is 6.30. The predicted molar refractivity (Wildman–Crippen MR) is 280 cm³/mol. The number of rotatable bonds is 49. The second kappa shape index (κ2) is 48.6.